The molecular formula is C20H20F2N2O3S. The molecule has 1 saturated heterocycles. The number of fused-ring (bicyclic) bond motifs is 1. The minimum absolute atomic E-state index is 0.0311. The van der Waals surface area contributed by atoms with Gasteiger partial charge < -0.3 is 14.4 Å². The summed E-state index contributed by atoms with van der Waals surface area (Å²) in [6, 6.07) is 9.34. The number of hydrogen-bond acceptors (Lipinski definition) is 5. The van der Waals surface area contributed by atoms with Gasteiger partial charge in [-0.25, -0.2) is 8.78 Å². The van der Waals surface area contributed by atoms with E-state index in [9.17, 15) is 13.6 Å². The van der Waals surface area contributed by atoms with Crippen molar-refractivity contribution in [3.8, 4) is 11.5 Å². The smallest absolute Gasteiger partial charge is 0.233 e. The maximum absolute atomic E-state index is 13.7. The third-order valence-corrected chi connectivity index (χ3v) is 5.85. The zero-order valence-electron chi connectivity index (χ0n) is 15.2. The van der Waals surface area contributed by atoms with Crippen LogP contribution in [-0.2, 0) is 11.3 Å². The average molecular weight is 406 g/mol. The molecule has 0 bridgehead atoms. The van der Waals surface area contributed by atoms with Crippen LogP contribution in [-0.4, -0.2) is 54.4 Å². The van der Waals surface area contributed by atoms with E-state index >= 15 is 0 Å². The van der Waals surface area contributed by atoms with Crippen molar-refractivity contribution in [1.29, 1.82) is 0 Å². The van der Waals surface area contributed by atoms with Crippen molar-refractivity contribution in [2.75, 3.05) is 38.7 Å². The molecular weight excluding hydrogens is 386 g/mol. The number of piperazine rings is 1. The van der Waals surface area contributed by atoms with Gasteiger partial charge >= 0.3 is 0 Å². The lowest BCUT2D eigenvalue weighted by Gasteiger charge is -2.34. The van der Waals surface area contributed by atoms with Crippen LogP contribution in [0.5, 0.6) is 11.5 Å². The lowest BCUT2D eigenvalue weighted by atomic mass is 10.1. The number of rotatable bonds is 5. The number of ether oxygens (including phenoxy) is 2. The molecule has 1 amide bonds. The van der Waals surface area contributed by atoms with Gasteiger partial charge in [-0.05, 0) is 29.8 Å². The van der Waals surface area contributed by atoms with Crippen LogP contribution in [0, 0.1) is 11.6 Å². The highest BCUT2D eigenvalue weighted by Crippen LogP contribution is 2.33. The van der Waals surface area contributed by atoms with E-state index in [-0.39, 0.29) is 23.3 Å². The number of carbonyl (C=O) groups is 1. The first-order chi connectivity index (χ1) is 13.6. The quantitative estimate of drug-likeness (QED) is 0.714. The highest BCUT2D eigenvalue weighted by Gasteiger charge is 2.22. The summed E-state index contributed by atoms with van der Waals surface area (Å²) in [5.41, 5.74) is 1.14. The van der Waals surface area contributed by atoms with Crippen molar-refractivity contribution < 1.29 is 23.0 Å². The third-order valence-electron chi connectivity index (χ3n) is 4.81. The Labute approximate surface area is 166 Å². The van der Waals surface area contributed by atoms with Crippen LogP contribution in [0.3, 0.4) is 0 Å². The number of hydrogen-bond donors (Lipinski definition) is 0. The summed E-state index contributed by atoms with van der Waals surface area (Å²) < 4.78 is 37.4. The topological polar surface area (TPSA) is 42.0 Å². The van der Waals surface area contributed by atoms with Crippen LogP contribution >= 0.6 is 11.8 Å². The van der Waals surface area contributed by atoms with Gasteiger partial charge in [0.05, 0.1) is 5.75 Å². The first-order valence-corrected chi connectivity index (χ1v) is 10.0. The molecule has 0 atom stereocenters. The summed E-state index contributed by atoms with van der Waals surface area (Å²) in [6.07, 6.45) is 0. The molecule has 0 unspecified atom stereocenters. The Morgan fingerprint density at radius 2 is 1.79 bits per heavy atom. The molecule has 2 aromatic carbocycles. The van der Waals surface area contributed by atoms with Crippen LogP contribution < -0.4 is 9.47 Å². The van der Waals surface area contributed by atoms with E-state index in [0.717, 1.165) is 54.5 Å². The van der Waals surface area contributed by atoms with Crippen molar-refractivity contribution in [3.05, 3.63) is 53.6 Å². The second-order valence-corrected chi connectivity index (χ2v) is 7.73. The van der Waals surface area contributed by atoms with Crippen molar-refractivity contribution in [1.82, 2.24) is 9.80 Å². The Hall–Kier alpha value is -2.32. The Balaban J connectivity index is 1.25. The molecule has 2 heterocycles. The fraction of sp³-hybridized carbons (Fsp3) is 0.350. The molecule has 0 aromatic heterocycles. The molecule has 2 aromatic rings. The molecule has 2 aliphatic heterocycles. The predicted octanol–water partition coefficient (Wildman–Crippen LogP) is 3.13. The number of benzene rings is 2. The second-order valence-electron chi connectivity index (χ2n) is 6.71. The Bertz CT molecular complexity index is 873. The van der Waals surface area contributed by atoms with Crippen LogP contribution in [0.4, 0.5) is 8.78 Å². The molecule has 2 aliphatic rings. The van der Waals surface area contributed by atoms with Gasteiger partial charge in [-0.1, -0.05) is 6.07 Å². The minimum Gasteiger partial charge on any atom is -0.454 e. The number of thioether (sulfide) groups is 1. The summed E-state index contributed by atoms with van der Waals surface area (Å²) in [4.78, 5) is 16.8. The number of halogens is 2. The highest BCUT2D eigenvalue weighted by atomic mass is 32.2. The summed E-state index contributed by atoms with van der Waals surface area (Å²) >= 11 is 1.10. The van der Waals surface area contributed by atoms with Crippen molar-refractivity contribution in [3.63, 3.8) is 0 Å². The van der Waals surface area contributed by atoms with E-state index < -0.39 is 11.6 Å². The lowest BCUT2D eigenvalue weighted by Crippen LogP contribution is -2.48. The monoisotopic (exact) mass is 406 g/mol. The molecule has 148 valence electrons. The van der Waals surface area contributed by atoms with Crippen LogP contribution in [0.25, 0.3) is 0 Å². The molecule has 8 heteroatoms. The normalized spacial score (nSPS) is 16.4. The van der Waals surface area contributed by atoms with Gasteiger partial charge in [0.1, 0.15) is 11.6 Å². The summed E-state index contributed by atoms with van der Waals surface area (Å²) in [6.45, 7) is 3.87. The molecule has 0 spiro atoms. The zero-order chi connectivity index (χ0) is 19.5. The fourth-order valence-corrected chi connectivity index (χ4v) is 4.10. The summed E-state index contributed by atoms with van der Waals surface area (Å²) in [5.74, 6) is 0.408. The standard InChI is InChI=1S/C20H20F2N2O3S/c21-15-2-4-19(16(22)10-15)28-12-20(25)24-7-5-23(6-8-24)11-14-1-3-17-18(9-14)27-13-26-17/h1-4,9-10H,5-8,11-13H2. The molecule has 28 heavy (non-hydrogen) atoms. The third kappa shape index (κ3) is 4.39. The maximum Gasteiger partial charge on any atom is 0.233 e. The van der Waals surface area contributed by atoms with Crippen molar-refractivity contribution >= 4 is 17.7 Å². The predicted molar refractivity (Wildman–Crippen MR) is 102 cm³/mol. The van der Waals surface area contributed by atoms with E-state index in [1.807, 2.05) is 18.2 Å². The van der Waals surface area contributed by atoms with Crippen molar-refractivity contribution in [2.45, 2.75) is 11.4 Å². The first kappa shape index (κ1) is 19.0. The van der Waals surface area contributed by atoms with Gasteiger partial charge in [0.25, 0.3) is 0 Å². The lowest BCUT2D eigenvalue weighted by molar-refractivity contribution is -0.130. The number of nitrogens with zero attached hydrogens (tertiary/aromatic N) is 2. The van der Waals surface area contributed by atoms with E-state index in [0.29, 0.717) is 13.1 Å². The van der Waals surface area contributed by atoms with Crippen LogP contribution in [0.2, 0.25) is 0 Å². The molecule has 0 aliphatic carbocycles. The molecule has 0 N–H and O–H groups in total. The van der Waals surface area contributed by atoms with Gasteiger partial charge in [0.15, 0.2) is 11.5 Å². The largest absolute Gasteiger partial charge is 0.454 e. The van der Waals surface area contributed by atoms with Gasteiger partial charge in [-0.2, -0.15) is 0 Å². The van der Waals surface area contributed by atoms with E-state index in [1.54, 1.807) is 4.90 Å². The van der Waals surface area contributed by atoms with Gasteiger partial charge in [0.2, 0.25) is 12.7 Å². The Morgan fingerprint density at radius 1 is 1.00 bits per heavy atom. The van der Waals surface area contributed by atoms with E-state index in [2.05, 4.69) is 4.90 Å². The molecule has 4 rings (SSSR count). The SMILES string of the molecule is O=C(CSc1ccc(F)cc1F)N1CCN(Cc2ccc3c(c2)OCO3)CC1. The van der Waals surface area contributed by atoms with E-state index in [4.69, 9.17) is 9.47 Å². The fourth-order valence-electron chi connectivity index (χ4n) is 3.28. The van der Waals surface area contributed by atoms with Crippen molar-refractivity contribution in [2.24, 2.45) is 0 Å². The average Bonchev–Trinajstić information content (AvgIpc) is 3.15. The Morgan fingerprint density at radius 3 is 2.57 bits per heavy atom. The Kier molecular flexibility index (Phi) is 5.68. The molecule has 0 radical (unpaired) electrons. The summed E-state index contributed by atoms with van der Waals surface area (Å²) in [5, 5.41) is 0. The number of amides is 1. The maximum atomic E-state index is 13.7. The second kappa shape index (κ2) is 8.36. The zero-order valence-corrected chi connectivity index (χ0v) is 16.0. The number of carbonyl (C=O) groups excluding carboxylic acids is 1. The molecule has 5 nitrogen and oxygen atoms in total. The van der Waals surface area contributed by atoms with Gasteiger partial charge in [-0.15, -0.1) is 11.8 Å². The summed E-state index contributed by atoms with van der Waals surface area (Å²) in [7, 11) is 0. The first-order valence-electron chi connectivity index (χ1n) is 9.05. The molecule has 0 saturated carbocycles. The van der Waals surface area contributed by atoms with Gasteiger partial charge in [-0.3, -0.25) is 9.69 Å². The highest BCUT2D eigenvalue weighted by molar-refractivity contribution is 8.00. The minimum atomic E-state index is -0.633. The van der Waals surface area contributed by atoms with Gasteiger partial charge in [0, 0.05) is 43.7 Å². The molecule has 1 fully saturated rings. The van der Waals surface area contributed by atoms with E-state index in [1.165, 1.54) is 12.1 Å². The van der Waals surface area contributed by atoms with Crippen LogP contribution in [0.15, 0.2) is 41.3 Å². The van der Waals surface area contributed by atoms with Crippen LogP contribution in [0.1, 0.15) is 5.56 Å².